The van der Waals surface area contributed by atoms with Gasteiger partial charge in [0.1, 0.15) is 0 Å². The fourth-order valence-electron chi connectivity index (χ4n) is 2.99. The number of fused-ring (bicyclic) bond motifs is 1. The minimum Gasteiger partial charge on any atom is -0.384 e. The molecule has 0 saturated carbocycles. The van der Waals surface area contributed by atoms with E-state index < -0.39 is 0 Å². The average molecular weight is 251 g/mol. The van der Waals surface area contributed by atoms with Crippen LogP contribution in [0.4, 0.5) is 0 Å². The molecule has 2 aliphatic heterocycles. The van der Waals surface area contributed by atoms with Crippen molar-refractivity contribution in [1.82, 2.24) is 14.7 Å². The number of hydrogen-bond donors (Lipinski definition) is 0. The van der Waals surface area contributed by atoms with E-state index in [-0.39, 0.29) is 0 Å². The van der Waals surface area contributed by atoms with Crippen LogP contribution in [0, 0.1) is 5.92 Å². The van der Waals surface area contributed by atoms with Gasteiger partial charge in [-0.25, -0.2) is 0 Å². The zero-order chi connectivity index (χ0) is 12.4. The van der Waals surface area contributed by atoms with Crippen LogP contribution in [0.5, 0.6) is 0 Å². The van der Waals surface area contributed by atoms with Gasteiger partial charge in [0.2, 0.25) is 0 Å². The number of nitrogens with zero attached hydrogens (tertiary/aromatic N) is 3. The van der Waals surface area contributed by atoms with Crippen LogP contribution in [-0.2, 0) is 22.6 Å². The van der Waals surface area contributed by atoms with Crippen LogP contribution in [0.1, 0.15) is 12.1 Å². The van der Waals surface area contributed by atoms with Crippen LogP contribution in [-0.4, -0.2) is 54.2 Å². The molecule has 0 bridgehead atoms. The van der Waals surface area contributed by atoms with Crippen LogP contribution in [0.25, 0.3) is 0 Å². The third-order valence-electron chi connectivity index (χ3n) is 3.92. The van der Waals surface area contributed by atoms with Crippen molar-refractivity contribution in [3.05, 3.63) is 18.0 Å². The van der Waals surface area contributed by atoms with Crippen molar-refractivity contribution in [3.63, 3.8) is 0 Å². The summed E-state index contributed by atoms with van der Waals surface area (Å²) < 4.78 is 13.0. The summed E-state index contributed by atoms with van der Waals surface area (Å²) in [6, 6.07) is 2.68. The highest BCUT2D eigenvalue weighted by atomic mass is 16.5. The molecule has 100 valence electrons. The molecule has 1 aromatic heterocycles. The Hall–Kier alpha value is -0.910. The van der Waals surface area contributed by atoms with Crippen molar-refractivity contribution in [3.8, 4) is 0 Å². The second-order valence-corrected chi connectivity index (χ2v) is 5.27. The molecule has 2 atom stereocenters. The Morgan fingerprint density at radius 1 is 1.50 bits per heavy atom. The van der Waals surface area contributed by atoms with E-state index in [4.69, 9.17) is 9.47 Å². The van der Waals surface area contributed by atoms with E-state index in [1.165, 1.54) is 5.69 Å². The summed E-state index contributed by atoms with van der Waals surface area (Å²) in [6.45, 7) is 5.58. The maximum Gasteiger partial charge on any atom is 0.0622 e. The number of methoxy groups -OCH3 is 1. The molecule has 3 heterocycles. The molecule has 3 rings (SSSR count). The third-order valence-corrected chi connectivity index (χ3v) is 3.92. The van der Waals surface area contributed by atoms with Crippen LogP contribution in [0.2, 0.25) is 0 Å². The van der Waals surface area contributed by atoms with Crippen LogP contribution < -0.4 is 0 Å². The molecule has 0 aromatic carbocycles. The molecule has 5 nitrogen and oxygen atoms in total. The highest BCUT2D eigenvalue weighted by Gasteiger charge is 2.29. The number of hydrogen-bond acceptors (Lipinski definition) is 4. The molecular weight excluding hydrogens is 230 g/mol. The van der Waals surface area contributed by atoms with Gasteiger partial charge in [-0.05, 0) is 12.5 Å². The smallest absolute Gasteiger partial charge is 0.0622 e. The topological polar surface area (TPSA) is 39.5 Å². The summed E-state index contributed by atoms with van der Waals surface area (Å²) in [5, 5.41) is 4.41. The highest BCUT2D eigenvalue weighted by molar-refractivity contribution is 5.03. The van der Waals surface area contributed by atoms with Crippen molar-refractivity contribution in [1.29, 1.82) is 0 Å². The van der Waals surface area contributed by atoms with Crippen LogP contribution in [0.3, 0.4) is 0 Å². The van der Waals surface area contributed by atoms with E-state index >= 15 is 0 Å². The molecule has 0 unspecified atom stereocenters. The van der Waals surface area contributed by atoms with Crippen molar-refractivity contribution in [2.75, 3.05) is 33.5 Å². The first-order valence-electron chi connectivity index (χ1n) is 6.68. The Balaban J connectivity index is 1.78. The fraction of sp³-hybridized carbons (Fsp3) is 0.769. The molecule has 0 amide bonds. The lowest BCUT2D eigenvalue weighted by Gasteiger charge is -2.28. The van der Waals surface area contributed by atoms with Gasteiger partial charge in [-0.3, -0.25) is 9.58 Å². The van der Waals surface area contributed by atoms with Gasteiger partial charge in [-0.1, -0.05) is 0 Å². The first-order chi connectivity index (χ1) is 8.86. The van der Waals surface area contributed by atoms with Gasteiger partial charge in [0.15, 0.2) is 0 Å². The molecule has 0 radical (unpaired) electrons. The minimum absolute atomic E-state index is 0.511. The predicted octanol–water partition coefficient (Wildman–Crippen LogP) is 0.750. The zero-order valence-electron chi connectivity index (χ0n) is 10.9. The van der Waals surface area contributed by atoms with E-state index in [1.807, 2.05) is 6.20 Å². The van der Waals surface area contributed by atoms with Gasteiger partial charge in [0.25, 0.3) is 0 Å². The molecule has 0 aliphatic carbocycles. The monoisotopic (exact) mass is 251 g/mol. The van der Waals surface area contributed by atoms with Gasteiger partial charge in [-0.15, -0.1) is 0 Å². The number of ether oxygens (including phenoxy) is 2. The molecule has 18 heavy (non-hydrogen) atoms. The largest absolute Gasteiger partial charge is 0.384 e. The summed E-state index contributed by atoms with van der Waals surface area (Å²) >= 11 is 0. The number of aromatic nitrogens is 2. The van der Waals surface area contributed by atoms with Crippen molar-refractivity contribution in [2.24, 2.45) is 5.92 Å². The summed E-state index contributed by atoms with van der Waals surface area (Å²) in [4.78, 5) is 2.54. The van der Waals surface area contributed by atoms with Gasteiger partial charge >= 0.3 is 0 Å². The molecule has 5 heteroatoms. The first-order valence-corrected chi connectivity index (χ1v) is 6.68. The van der Waals surface area contributed by atoms with Crippen molar-refractivity contribution in [2.45, 2.75) is 25.6 Å². The molecule has 1 aromatic rings. The lowest BCUT2D eigenvalue weighted by Crippen LogP contribution is -2.38. The molecular formula is C13H21N3O2. The Bertz CT molecular complexity index is 387. The Kier molecular flexibility index (Phi) is 3.63. The summed E-state index contributed by atoms with van der Waals surface area (Å²) in [7, 11) is 1.78. The van der Waals surface area contributed by atoms with E-state index in [0.29, 0.717) is 12.0 Å². The summed E-state index contributed by atoms with van der Waals surface area (Å²) in [5.41, 5.74) is 1.31. The van der Waals surface area contributed by atoms with Gasteiger partial charge in [0, 0.05) is 51.5 Å². The van der Waals surface area contributed by atoms with E-state index in [9.17, 15) is 0 Å². The number of rotatable bonds is 3. The standard InChI is InChI=1S/C13H21N3O2/c1-17-9-11-6-15(13-3-5-18-10-13)8-12-2-4-14-16(12)7-11/h2,4,11,13H,3,5-10H2,1H3/t11-,13-/m0/s1. The van der Waals surface area contributed by atoms with Gasteiger partial charge in [-0.2, -0.15) is 5.10 Å². The minimum atomic E-state index is 0.511. The summed E-state index contributed by atoms with van der Waals surface area (Å²) in [6.07, 6.45) is 3.04. The molecule has 1 fully saturated rings. The lowest BCUT2D eigenvalue weighted by atomic mass is 10.1. The van der Waals surface area contributed by atoms with E-state index in [0.717, 1.165) is 45.9 Å². The normalized spacial score (nSPS) is 29.2. The van der Waals surface area contributed by atoms with E-state index in [2.05, 4.69) is 20.7 Å². The SMILES string of the molecule is COC[C@H]1CN([C@H]2CCOC2)Cc2ccnn2C1. The first kappa shape index (κ1) is 12.1. The molecule has 2 aliphatic rings. The maximum atomic E-state index is 5.52. The lowest BCUT2D eigenvalue weighted by molar-refractivity contribution is 0.0898. The van der Waals surface area contributed by atoms with Crippen molar-refractivity contribution >= 4 is 0 Å². The maximum absolute atomic E-state index is 5.52. The van der Waals surface area contributed by atoms with Gasteiger partial charge < -0.3 is 9.47 Å². The second kappa shape index (κ2) is 5.38. The van der Waals surface area contributed by atoms with Crippen LogP contribution in [0.15, 0.2) is 12.3 Å². The molecule has 0 spiro atoms. The molecule has 1 saturated heterocycles. The third kappa shape index (κ3) is 2.43. The fourth-order valence-corrected chi connectivity index (χ4v) is 2.99. The summed E-state index contributed by atoms with van der Waals surface area (Å²) in [5.74, 6) is 0.511. The average Bonchev–Trinajstić information content (AvgIpc) is 2.99. The van der Waals surface area contributed by atoms with Crippen LogP contribution >= 0.6 is 0 Å². The Morgan fingerprint density at radius 3 is 3.22 bits per heavy atom. The van der Waals surface area contributed by atoms with E-state index in [1.54, 1.807) is 7.11 Å². The second-order valence-electron chi connectivity index (χ2n) is 5.27. The predicted molar refractivity (Wildman–Crippen MR) is 67.2 cm³/mol. The molecule has 0 N–H and O–H groups in total. The quantitative estimate of drug-likeness (QED) is 0.795. The zero-order valence-corrected chi connectivity index (χ0v) is 10.9. The Morgan fingerprint density at radius 2 is 2.44 bits per heavy atom. The van der Waals surface area contributed by atoms with Crippen molar-refractivity contribution < 1.29 is 9.47 Å². The highest BCUT2D eigenvalue weighted by Crippen LogP contribution is 2.21. The Labute approximate surface area is 108 Å². The van der Waals surface area contributed by atoms with Gasteiger partial charge in [0.05, 0.1) is 18.9 Å².